The first-order valence-electron chi connectivity index (χ1n) is 18.3. The van der Waals surface area contributed by atoms with Crippen LogP contribution >= 0.6 is 0 Å². The molecule has 0 bridgehead atoms. The van der Waals surface area contributed by atoms with Gasteiger partial charge in [0.15, 0.2) is 23.9 Å². The van der Waals surface area contributed by atoms with Gasteiger partial charge in [-0.2, -0.15) is 0 Å². The topological polar surface area (TPSA) is 51.6 Å². The number of hydrogen-bond acceptors (Lipinski definition) is 3. The summed E-state index contributed by atoms with van der Waals surface area (Å²) in [5, 5.41) is 8.58. The average molecular weight is 641 g/mol. The maximum atomic E-state index is 8.58. The van der Waals surface area contributed by atoms with Crippen molar-refractivity contribution in [3.63, 3.8) is 0 Å². The van der Waals surface area contributed by atoms with Crippen molar-refractivity contribution in [2.45, 2.75) is 155 Å². The highest BCUT2D eigenvalue weighted by molar-refractivity contribution is 5.85. The third kappa shape index (κ3) is 5.93. The number of nitrogens with one attached hydrogen (secondary N) is 1. The predicted molar refractivity (Wildman–Crippen MR) is 193 cm³/mol. The van der Waals surface area contributed by atoms with Crippen molar-refractivity contribution in [1.82, 2.24) is 4.90 Å². The summed E-state index contributed by atoms with van der Waals surface area (Å²) in [5.74, 6) is 2.64. The first kappa shape index (κ1) is 33.7. The zero-order valence-electron chi connectivity index (χ0n) is 31.1. The first-order chi connectivity index (χ1) is 22.0. The standard InChI is InChI=1S/C41H60N4O2/c1-12-43(13-2)35(42)20-16-17-27-21-28-25-44-33-18-14-15-19-34(33)45-26-29-23-30(38(3,4)5)24-32(40(9,10)11)37(29)47-41(44,45)46-36(28)31(22-27)39(6,7)8/h21-26,33-34,42H,12-20H2,1-11H3/q+2. The molecule has 6 rings (SSSR count). The maximum absolute atomic E-state index is 8.58. The molecule has 3 atom stereocenters. The number of aryl methyl sites for hydroxylation is 1. The van der Waals surface area contributed by atoms with Gasteiger partial charge in [-0.25, -0.2) is 0 Å². The zero-order valence-corrected chi connectivity index (χ0v) is 31.1. The number of rotatable bonds is 6. The second-order valence-electron chi connectivity index (χ2n) is 17.5. The van der Waals surface area contributed by atoms with Crippen molar-refractivity contribution in [3.8, 4) is 11.5 Å². The molecule has 1 N–H and O–H groups in total. The van der Waals surface area contributed by atoms with Crippen molar-refractivity contribution in [3.05, 3.63) is 57.6 Å². The smallest absolute Gasteiger partial charge is 0.361 e. The molecule has 0 radical (unpaired) electrons. The van der Waals surface area contributed by atoms with Crippen LogP contribution in [0.2, 0.25) is 0 Å². The van der Waals surface area contributed by atoms with Crippen LogP contribution in [0.25, 0.3) is 0 Å². The van der Waals surface area contributed by atoms with Crippen LogP contribution < -0.4 is 9.47 Å². The van der Waals surface area contributed by atoms with Gasteiger partial charge in [0.25, 0.3) is 0 Å². The quantitative estimate of drug-likeness (QED) is 0.196. The molecule has 1 saturated carbocycles. The highest BCUT2D eigenvalue weighted by Crippen LogP contribution is 2.49. The molecule has 2 aromatic rings. The molecule has 4 aliphatic rings. The van der Waals surface area contributed by atoms with Gasteiger partial charge in [-0.3, -0.25) is 5.41 Å². The summed E-state index contributed by atoms with van der Waals surface area (Å²) in [7, 11) is 0. The summed E-state index contributed by atoms with van der Waals surface area (Å²) in [6.07, 6.45) is 12.2. The molecule has 0 amide bonds. The van der Waals surface area contributed by atoms with Crippen LogP contribution in [-0.2, 0) is 22.7 Å². The lowest BCUT2D eigenvalue weighted by Gasteiger charge is -2.34. The van der Waals surface area contributed by atoms with E-state index in [1.165, 1.54) is 35.1 Å². The minimum atomic E-state index is -1.05. The Hall–Kier alpha value is -3.15. The molecule has 254 valence electrons. The Morgan fingerprint density at radius 2 is 1.28 bits per heavy atom. The van der Waals surface area contributed by atoms with Gasteiger partial charge in [-0.05, 0) is 79.0 Å². The van der Waals surface area contributed by atoms with E-state index in [1.807, 2.05) is 0 Å². The zero-order chi connectivity index (χ0) is 34.1. The average Bonchev–Trinajstić information content (AvgIpc) is 3.25. The van der Waals surface area contributed by atoms with Gasteiger partial charge in [-0.15, -0.1) is 0 Å². The second-order valence-corrected chi connectivity index (χ2v) is 17.5. The Morgan fingerprint density at radius 3 is 1.77 bits per heavy atom. The highest BCUT2D eigenvalue weighted by Gasteiger charge is 2.76. The van der Waals surface area contributed by atoms with E-state index in [0.29, 0.717) is 12.1 Å². The molecule has 2 fully saturated rings. The molecule has 3 unspecified atom stereocenters. The molecule has 1 spiro atoms. The number of hydrogen-bond donors (Lipinski definition) is 1. The van der Waals surface area contributed by atoms with Gasteiger partial charge in [0.1, 0.15) is 0 Å². The Kier molecular flexibility index (Phi) is 8.45. The Morgan fingerprint density at radius 1 is 0.766 bits per heavy atom. The summed E-state index contributed by atoms with van der Waals surface area (Å²) in [5.41, 5.74) is 7.23. The number of fused-ring (bicyclic) bond motifs is 5. The molecule has 6 heteroatoms. The molecule has 1 saturated heterocycles. The van der Waals surface area contributed by atoms with Crippen LogP contribution in [0.3, 0.4) is 0 Å². The fourth-order valence-corrected chi connectivity index (χ4v) is 8.14. The van der Waals surface area contributed by atoms with Crippen LogP contribution in [0.1, 0.15) is 148 Å². The van der Waals surface area contributed by atoms with E-state index < -0.39 is 6.03 Å². The first-order valence-corrected chi connectivity index (χ1v) is 18.3. The lowest BCUT2D eigenvalue weighted by atomic mass is 9.79. The molecule has 47 heavy (non-hydrogen) atoms. The van der Waals surface area contributed by atoms with E-state index >= 15 is 0 Å². The fraction of sp³-hybridized carbons (Fsp3) is 0.634. The van der Waals surface area contributed by atoms with Crippen LogP contribution in [0.4, 0.5) is 0 Å². The largest absolute Gasteiger partial charge is 0.704 e. The van der Waals surface area contributed by atoms with Crippen molar-refractivity contribution in [2.24, 2.45) is 0 Å². The van der Waals surface area contributed by atoms with Gasteiger partial charge in [0.2, 0.25) is 12.1 Å². The SMILES string of the molecule is CCN(CC)C(=N)CCCc1cc2c(c(C(C)(C)C)c1)OC13Oc4c(cc(C(C)(C)C)cc4C(C)(C)C)C=[N+]1C1CCCCC1[N+]3=C2. The normalized spacial score (nSPS) is 23.2. The summed E-state index contributed by atoms with van der Waals surface area (Å²) < 4.78 is 19.7. The van der Waals surface area contributed by atoms with Crippen molar-refractivity contribution < 1.29 is 18.6 Å². The van der Waals surface area contributed by atoms with Crippen LogP contribution in [0.15, 0.2) is 24.3 Å². The van der Waals surface area contributed by atoms with Crippen molar-refractivity contribution in [2.75, 3.05) is 13.1 Å². The minimum absolute atomic E-state index is 0.0292. The molecular weight excluding hydrogens is 580 g/mol. The second kappa shape index (κ2) is 11.8. The molecular formula is C41H60N4O2+2. The monoisotopic (exact) mass is 640 g/mol. The maximum Gasteiger partial charge on any atom is 0.704 e. The molecule has 0 aromatic heterocycles. The van der Waals surface area contributed by atoms with E-state index in [2.05, 4.69) is 127 Å². The van der Waals surface area contributed by atoms with Gasteiger partial charge >= 0.3 is 6.03 Å². The summed E-state index contributed by atoms with van der Waals surface area (Å²) in [6.45, 7) is 26.7. The van der Waals surface area contributed by atoms with E-state index in [4.69, 9.17) is 14.9 Å². The van der Waals surface area contributed by atoms with E-state index in [0.717, 1.165) is 73.7 Å². The highest BCUT2D eigenvalue weighted by atomic mass is 16.7. The van der Waals surface area contributed by atoms with Gasteiger partial charge in [0, 0.05) is 43.5 Å². The Labute approximate surface area is 284 Å². The van der Waals surface area contributed by atoms with Crippen LogP contribution in [-0.4, -0.2) is 63.5 Å². The Balaban J connectivity index is 1.47. The van der Waals surface area contributed by atoms with Gasteiger partial charge < -0.3 is 14.4 Å². The number of ether oxygens (including phenoxy) is 2. The minimum Gasteiger partial charge on any atom is -0.361 e. The molecule has 6 nitrogen and oxygen atoms in total. The van der Waals surface area contributed by atoms with Crippen molar-refractivity contribution in [1.29, 1.82) is 5.41 Å². The summed E-state index contributed by atoms with van der Waals surface area (Å²) in [4.78, 5) is 2.16. The summed E-state index contributed by atoms with van der Waals surface area (Å²) in [6, 6.07) is 9.02. The van der Waals surface area contributed by atoms with Crippen molar-refractivity contribution >= 4 is 18.3 Å². The van der Waals surface area contributed by atoms with Crippen LogP contribution in [0.5, 0.6) is 11.5 Å². The predicted octanol–water partition coefficient (Wildman–Crippen LogP) is 8.50. The number of amidine groups is 1. The van der Waals surface area contributed by atoms with E-state index in [1.54, 1.807) is 0 Å². The Bertz CT molecular complexity index is 1630. The lowest BCUT2D eigenvalue weighted by Crippen LogP contribution is -2.60. The van der Waals surface area contributed by atoms with E-state index in [9.17, 15) is 0 Å². The van der Waals surface area contributed by atoms with Gasteiger partial charge in [0.05, 0.1) is 17.0 Å². The molecule has 2 aromatic carbocycles. The summed E-state index contributed by atoms with van der Waals surface area (Å²) >= 11 is 0. The number of benzene rings is 2. The molecule has 3 aliphatic heterocycles. The third-order valence-electron chi connectivity index (χ3n) is 10.9. The fourth-order valence-electron chi connectivity index (χ4n) is 8.14. The lowest BCUT2D eigenvalue weighted by molar-refractivity contribution is -0.866. The molecule has 3 heterocycles. The van der Waals surface area contributed by atoms with E-state index in [-0.39, 0.29) is 16.2 Å². The third-order valence-corrected chi connectivity index (χ3v) is 10.9. The van der Waals surface area contributed by atoms with Gasteiger partial charge in [-0.1, -0.05) is 83.6 Å². The number of nitrogens with zero attached hydrogens (tertiary/aromatic N) is 3. The molecule has 1 aliphatic carbocycles. The van der Waals surface area contributed by atoms with Crippen LogP contribution in [0, 0.1) is 5.41 Å².